The lowest BCUT2D eigenvalue weighted by atomic mass is 9.93. The lowest BCUT2D eigenvalue weighted by Gasteiger charge is -2.28. The number of fused-ring (bicyclic) bond motifs is 1. The Morgan fingerprint density at radius 3 is 2.88 bits per heavy atom. The van der Waals surface area contributed by atoms with Crippen molar-refractivity contribution in [1.29, 1.82) is 0 Å². The molecule has 0 bridgehead atoms. The molecule has 1 aromatic heterocycles. The molecule has 0 aliphatic carbocycles. The summed E-state index contributed by atoms with van der Waals surface area (Å²) in [4.78, 5) is 15.5. The van der Waals surface area contributed by atoms with Crippen LogP contribution in [0.1, 0.15) is 23.7 Å². The Hall–Kier alpha value is -1.90. The van der Waals surface area contributed by atoms with Crippen molar-refractivity contribution in [3.63, 3.8) is 0 Å². The van der Waals surface area contributed by atoms with Gasteiger partial charge >= 0.3 is 0 Å². The molecule has 1 fully saturated rings. The molecule has 1 aromatic carbocycles. The van der Waals surface area contributed by atoms with Crippen LogP contribution in [0.2, 0.25) is 0 Å². The molecule has 16 heavy (non-hydrogen) atoms. The first-order valence-electron chi connectivity index (χ1n) is 5.40. The number of carbonyl (C=O) groups is 1. The number of hydrogen-bond donors (Lipinski definition) is 1. The van der Waals surface area contributed by atoms with Crippen LogP contribution in [0.5, 0.6) is 0 Å². The molecule has 3 nitrogen and oxygen atoms in total. The SMILES string of the molecule is Cc1cc(C2CC(=O)N2)c2ccccc2n1. The molecule has 1 atom stereocenters. The number of nitrogens with one attached hydrogen (secondary N) is 1. The third-order valence-electron chi connectivity index (χ3n) is 2.98. The average molecular weight is 212 g/mol. The summed E-state index contributed by atoms with van der Waals surface area (Å²) in [5.74, 6) is 0.128. The van der Waals surface area contributed by atoms with Crippen LogP contribution in [0.15, 0.2) is 30.3 Å². The van der Waals surface area contributed by atoms with Gasteiger partial charge in [0.05, 0.1) is 18.0 Å². The van der Waals surface area contributed by atoms with Gasteiger partial charge in [0.1, 0.15) is 0 Å². The number of pyridine rings is 1. The number of β-lactam (4-membered cyclic amide) rings is 1. The van der Waals surface area contributed by atoms with Crippen molar-refractivity contribution < 1.29 is 4.79 Å². The summed E-state index contributed by atoms with van der Waals surface area (Å²) in [7, 11) is 0. The number of benzene rings is 1. The van der Waals surface area contributed by atoms with E-state index in [1.807, 2.05) is 25.1 Å². The largest absolute Gasteiger partial charge is 0.349 e. The van der Waals surface area contributed by atoms with E-state index in [0.717, 1.165) is 16.6 Å². The van der Waals surface area contributed by atoms with Crippen LogP contribution in [-0.2, 0) is 4.79 Å². The van der Waals surface area contributed by atoms with Crippen LogP contribution in [-0.4, -0.2) is 10.9 Å². The lowest BCUT2D eigenvalue weighted by Crippen LogP contribution is -2.41. The highest BCUT2D eigenvalue weighted by Crippen LogP contribution is 2.30. The molecule has 1 saturated heterocycles. The molecule has 2 heterocycles. The normalized spacial score (nSPS) is 19.3. The van der Waals surface area contributed by atoms with Crippen LogP contribution in [0, 0.1) is 6.92 Å². The number of nitrogens with zero attached hydrogens (tertiary/aromatic N) is 1. The number of aromatic nitrogens is 1. The summed E-state index contributed by atoms with van der Waals surface area (Å²) in [6.45, 7) is 1.98. The summed E-state index contributed by atoms with van der Waals surface area (Å²) in [6.07, 6.45) is 0.591. The van der Waals surface area contributed by atoms with Gasteiger partial charge in [-0.25, -0.2) is 0 Å². The minimum Gasteiger partial charge on any atom is -0.349 e. The van der Waals surface area contributed by atoms with E-state index in [0.29, 0.717) is 6.42 Å². The predicted molar refractivity (Wildman–Crippen MR) is 62.0 cm³/mol. The number of aryl methyl sites for hydroxylation is 1. The van der Waals surface area contributed by atoms with Gasteiger partial charge in [0, 0.05) is 11.1 Å². The van der Waals surface area contributed by atoms with Gasteiger partial charge in [-0.3, -0.25) is 9.78 Å². The molecule has 1 unspecified atom stereocenters. The fourth-order valence-corrected chi connectivity index (χ4v) is 2.17. The Morgan fingerprint density at radius 1 is 1.38 bits per heavy atom. The highest BCUT2D eigenvalue weighted by atomic mass is 16.2. The Kier molecular flexibility index (Phi) is 1.93. The lowest BCUT2D eigenvalue weighted by molar-refractivity contribution is -0.128. The third-order valence-corrected chi connectivity index (χ3v) is 2.98. The molecule has 2 aromatic rings. The van der Waals surface area contributed by atoms with Gasteiger partial charge in [0.2, 0.25) is 5.91 Å². The maximum Gasteiger partial charge on any atom is 0.222 e. The first-order chi connectivity index (χ1) is 7.74. The van der Waals surface area contributed by atoms with E-state index < -0.39 is 0 Å². The van der Waals surface area contributed by atoms with Crippen molar-refractivity contribution >= 4 is 16.8 Å². The summed E-state index contributed by atoms with van der Waals surface area (Å²) >= 11 is 0. The topological polar surface area (TPSA) is 42.0 Å². The van der Waals surface area contributed by atoms with Crippen molar-refractivity contribution in [2.24, 2.45) is 0 Å². The van der Waals surface area contributed by atoms with Crippen molar-refractivity contribution in [3.8, 4) is 0 Å². The van der Waals surface area contributed by atoms with Gasteiger partial charge in [-0.15, -0.1) is 0 Å². The van der Waals surface area contributed by atoms with Crippen molar-refractivity contribution in [1.82, 2.24) is 10.3 Å². The molecule has 80 valence electrons. The second-order valence-electron chi connectivity index (χ2n) is 4.19. The second-order valence-corrected chi connectivity index (χ2v) is 4.19. The van der Waals surface area contributed by atoms with Crippen LogP contribution in [0.4, 0.5) is 0 Å². The molecule has 0 saturated carbocycles. The van der Waals surface area contributed by atoms with E-state index >= 15 is 0 Å². The van der Waals surface area contributed by atoms with E-state index in [1.54, 1.807) is 0 Å². The molecule has 3 heteroatoms. The van der Waals surface area contributed by atoms with Gasteiger partial charge in [-0.1, -0.05) is 18.2 Å². The van der Waals surface area contributed by atoms with Crippen molar-refractivity contribution in [2.45, 2.75) is 19.4 Å². The quantitative estimate of drug-likeness (QED) is 0.735. The van der Waals surface area contributed by atoms with Gasteiger partial charge in [-0.2, -0.15) is 0 Å². The van der Waals surface area contributed by atoms with Crippen LogP contribution >= 0.6 is 0 Å². The maximum atomic E-state index is 11.0. The Labute approximate surface area is 93.5 Å². The predicted octanol–water partition coefficient (Wildman–Crippen LogP) is 2.10. The zero-order chi connectivity index (χ0) is 11.1. The molecule has 0 spiro atoms. The Balaban J connectivity index is 2.18. The zero-order valence-corrected chi connectivity index (χ0v) is 9.03. The molecular weight excluding hydrogens is 200 g/mol. The summed E-state index contributed by atoms with van der Waals surface area (Å²) in [5.41, 5.74) is 3.18. The maximum absolute atomic E-state index is 11.0. The first kappa shape index (κ1) is 9.33. The average Bonchev–Trinajstić information content (AvgIpc) is 2.24. The third kappa shape index (κ3) is 1.36. The zero-order valence-electron chi connectivity index (χ0n) is 9.03. The molecule has 1 amide bonds. The van der Waals surface area contributed by atoms with Crippen LogP contribution in [0.25, 0.3) is 10.9 Å². The smallest absolute Gasteiger partial charge is 0.222 e. The number of rotatable bonds is 1. The fourth-order valence-electron chi connectivity index (χ4n) is 2.17. The first-order valence-corrected chi connectivity index (χ1v) is 5.40. The van der Waals surface area contributed by atoms with Crippen molar-refractivity contribution in [3.05, 3.63) is 41.6 Å². The molecule has 0 radical (unpaired) electrons. The van der Waals surface area contributed by atoms with Gasteiger partial charge < -0.3 is 5.32 Å². The Bertz CT molecular complexity index is 569. The molecular formula is C13H12N2O. The van der Waals surface area contributed by atoms with Crippen LogP contribution < -0.4 is 5.32 Å². The molecule has 1 aliphatic heterocycles. The highest BCUT2D eigenvalue weighted by Gasteiger charge is 2.28. The standard InChI is InChI=1S/C13H12N2O/c1-8-6-10(12-7-13(16)15-12)9-4-2-3-5-11(9)14-8/h2-6,12H,7H2,1H3,(H,15,16). The minimum atomic E-state index is 0.128. The minimum absolute atomic E-state index is 0.128. The van der Waals surface area contributed by atoms with Gasteiger partial charge in [-0.05, 0) is 24.6 Å². The summed E-state index contributed by atoms with van der Waals surface area (Å²) in [5, 5.41) is 4.05. The summed E-state index contributed by atoms with van der Waals surface area (Å²) < 4.78 is 0. The molecule has 1 N–H and O–H groups in total. The van der Waals surface area contributed by atoms with Gasteiger partial charge in [0.25, 0.3) is 0 Å². The van der Waals surface area contributed by atoms with E-state index in [4.69, 9.17) is 0 Å². The fraction of sp³-hybridized carbons (Fsp3) is 0.231. The monoisotopic (exact) mass is 212 g/mol. The van der Waals surface area contributed by atoms with E-state index in [9.17, 15) is 4.79 Å². The van der Waals surface area contributed by atoms with Crippen molar-refractivity contribution in [2.75, 3.05) is 0 Å². The number of amides is 1. The number of para-hydroxylation sites is 1. The van der Waals surface area contributed by atoms with Crippen LogP contribution in [0.3, 0.4) is 0 Å². The van der Waals surface area contributed by atoms with E-state index in [2.05, 4.69) is 22.4 Å². The Morgan fingerprint density at radius 2 is 2.12 bits per heavy atom. The van der Waals surface area contributed by atoms with Gasteiger partial charge in [0.15, 0.2) is 0 Å². The molecule has 3 rings (SSSR count). The molecule has 1 aliphatic rings. The highest BCUT2D eigenvalue weighted by molar-refractivity contribution is 5.88. The second kappa shape index (κ2) is 3.30. The summed E-state index contributed by atoms with van der Waals surface area (Å²) in [6, 6.07) is 10.3. The number of carbonyl (C=O) groups excluding carboxylic acids is 1. The van der Waals surface area contributed by atoms with E-state index in [1.165, 1.54) is 5.56 Å². The van der Waals surface area contributed by atoms with E-state index in [-0.39, 0.29) is 11.9 Å². The number of hydrogen-bond acceptors (Lipinski definition) is 2.